The molecule has 0 aromatic heterocycles. The maximum Gasteiger partial charge on any atom is 0.115 e. The van der Waals surface area contributed by atoms with E-state index in [2.05, 4.69) is 24.3 Å². The van der Waals surface area contributed by atoms with Crippen LogP contribution in [0.15, 0.2) is 48.5 Å². The first-order chi connectivity index (χ1) is 9.81. The van der Waals surface area contributed by atoms with Crippen molar-refractivity contribution >= 4 is 0 Å². The molecule has 0 saturated heterocycles. The van der Waals surface area contributed by atoms with E-state index in [0.717, 1.165) is 12.3 Å². The van der Waals surface area contributed by atoms with Crippen molar-refractivity contribution in [3.63, 3.8) is 0 Å². The van der Waals surface area contributed by atoms with Gasteiger partial charge < -0.3 is 5.11 Å². The second-order valence-electron chi connectivity index (χ2n) is 5.92. The molecule has 1 nitrogen and oxygen atoms in total. The van der Waals surface area contributed by atoms with Gasteiger partial charge in [-0.2, -0.15) is 0 Å². The van der Waals surface area contributed by atoms with Gasteiger partial charge in [0, 0.05) is 0 Å². The summed E-state index contributed by atoms with van der Waals surface area (Å²) >= 11 is 0. The van der Waals surface area contributed by atoms with Crippen LogP contribution in [0.25, 0.3) is 0 Å². The predicted molar refractivity (Wildman–Crippen MR) is 83.2 cm³/mol. The molecule has 3 rings (SSSR count). The van der Waals surface area contributed by atoms with Crippen molar-refractivity contribution in [3.8, 4) is 5.75 Å². The molecule has 0 amide bonds. The van der Waals surface area contributed by atoms with Crippen LogP contribution in [-0.2, 0) is 6.42 Å². The quantitative estimate of drug-likeness (QED) is 0.826. The molecule has 104 valence electrons. The van der Waals surface area contributed by atoms with E-state index >= 15 is 0 Å². The Morgan fingerprint density at radius 2 is 1.30 bits per heavy atom. The fourth-order valence-corrected chi connectivity index (χ4v) is 3.19. The van der Waals surface area contributed by atoms with Crippen LogP contribution in [0.2, 0.25) is 0 Å². The fraction of sp³-hybridized carbons (Fsp3) is 0.368. The van der Waals surface area contributed by atoms with E-state index in [0.29, 0.717) is 5.75 Å². The Kier molecular flexibility index (Phi) is 4.05. The summed E-state index contributed by atoms with van der Waals surface area (Å²) in [5, 5.41) is 9.30. The zero-order chi connectivity index (χ0) is 13.8. The monoisotopic (exact) mass is 266 g/mol. The van der Waals surface area contributed by atoms with E-state index in [4.69, 9.17) is 0 Å². The molecule has 1 aliphatic rings. The lowest BCUT2D eigenvalue weighted by atomic mass is 9.84. The van der Waals surface area contributed by atoms with E-state index < -0.39 is 0 Å². The number of phenols is 1. The SMILES string of the molecule is Oc1ccc(Cc2ccc(C3CCCCC3)cc2)cc1. The normalized spacial score (nSPS) is 16.2. The fourth-order valence-electron chi connectivity index (χ4n) is 3.19. The number of benzene rings is 2. The van der Waals surface area contributed by atoms with E-state index in [1.54, 1.807) is 12.1 Å². The van der Waals surface area contributed by atoms with Gasteiger partial charge in [0.1, 0.15) is 5.75 Å². The molecule has 0 atom stereocenters. The molecule has 1 fully saturated rings. The molecule has 1 aliphatic carbocycles. The van der Waals surface area contributed by atoms with Crippen molar-refractivity contribution in [3.05, 3.63) is 65.2 Å². The highest BCUT2D eigenvalue weighted by Gasteiger charge is 2.14. The number of aromatic hydroxyl groups is 1. The molecule has 1 N–H and O–H groups in total. The Labute approximate surface area is 121 Å². The molecular weight excluding hydrogens is 244 g/mol. The van der Waals surface area contributed by atoms with Crippen LogP contribution in [-0.4, -0.2) is 5.11 Å². The molecule has 0 unspecified atom stereocenters. The van der Waals surface area contributed by atoms with Crippen molar-refractivity contribution in [1.29, 1.82) is 0 Å². The summed E-state index contributed by atoms with van der Waals surface area (Å²) in [4.78, 5) is 0. The minimum atomic E-state index is 0.335. The van der Waals surface area contributed by atoms with Gasteiger partial charge in [0.2, 0.25) is 0 Å². The van der Waals surface area contributed by atoms with Crippen molar-refractivity contribution in [1.82, 2.24) is 0 Å². The Morgan fingerprint density at radius 1 is 0.750 bits per heavy atom. The molecule has 0 bridgehead atoms. The molecular formula is C19H22O. The van der Waals surface area contributed by atoms with Gasteiger partial charge in [0.15, 0.2) is 0 Å². The van der Waals surface area contributed by atoms with E-state index in [9.17, 15) is 5.11 Å². The highest BCUT2D eigenvalue weighted by atomic mass is 16.3. The van der Waals surface area contributed by atoms with E-state index in [-0.39, 0.29) is 0 Å². The first kappa shape index (κ1) is 13.2. The third kappa shape index (κ3) is 3.22. The summed E-state index contributed by atoms with van der Waals surface area (Å²) in [5.74, 6) is 1.12. The van der Waals surface area contributed by atoms with Gasteiger partial charge in [-0.1, -0.05) is 55.7 Å². The predicted octanol–water partition coefficient (Wildman–Crippen LogP) is 5.03. The standard InChI is InChI=1S/C19H22O/c20-19-12-8-16(9-13-19)14-15-6-10-18(11-7-15)17-4-2-1-3-5-17/h6-13,17,20H,1-5,14H2. The van der Waals surface area contributed by atoms with Crippen molar-refractivity contribution in [2.24, 2.45) is 0 Å². The van der Waals surface area contributed by atoms with Crippen molar-refractivity contribution in [2.45, 2.75) is 44.4 Å². The van der Waals surface area contributed by atoms with Crippen LogP contribution in [0, 0.1) is 0 Å². The van der Waals surface area contributed by atoms with Gasteiger partial charge in [-0.15, -0.1) is 0 Å². The van der Waals surface area contributed by atoms with Gasteiger partial charge >= 0.3 is 0 Å². The number of phenolic OH excluding ortho intramolecular Hbond substituents is 1. The summed E-state index contributed by atoms with van der Waals surface area (Å²) in [6, 6.07) is 16.6. The summed E-state index contributed by atoms with van der Waals surface area (Å²) in [5.41, 5.74) is 4.10. The highest BCUT2D eigenvalue weighted by molar-refractivity contribution is 5.32. The molecule has 20 heavy (non-hydrogen) atoms. The number of hydrogen-bond donors (Lipinski definition) is 1. The van der Waals surface area contributed by atoms with Crippen LogP contribution >= 0.6 is 0 Å². The summed E-state index contributed by atoms with van der Waals surface area (Å²) in [6.45, 7) is 0. The molecule has 1 heteroatoms. The maximum absolute atomic E-state index is 9.30. The minimum Gasteiger partial charge on any atom is -0.508 e. The van der Waals surface area contributed by atoms with Crippen LogP contribution in [0.4, 0.5) is 0 Å². The molecule has 1 saturated carbocycles. The lowest BCUT2D eigenvalue weighted by molar-refractivity contribution is 0.443. The van der Waals surface area contributed by atoms with Crippen LogP contribution in [0.3, 0.4) is 0 Å². The summed E-state index contributed by atoms with van der Waals surface area (Å²) in [6.07, 6.45) is 7.84. The zero-order valence-electron chi connectivity index (χ0n) is 11.9. The van der Waals surface area contributed by atoms with E-state index in [1.165, 1.54) is 48.8 Å². The first-order valence-corrected chi connectivity index (χ1v) is 7.68. The first-order valence-electron chi connectivity index (χ1n) is 7.68. The van der Waals surface area contributed by atoms with Crippen LogP contribution in [0.5, 0.6) is 5.75 Å². The minimum absolute atomic E-state index is 0.335. The Hall–Kier alpha value is -1.76. The van der Waals surface area contributed by atoms with Gasteiger partial charge in [-0.3, -0.25) is 0 Å². The topological polar surface area (TPSA) is 20.2 Å². The van der Waals surface area contributed by atoms with Gasteiger partial charge in [-0.25, -0.2) is 0 Å². The average molecular weight is 266 g/mol. The summed E-state index contributed by atoms with van der Waals surface area (Å²) in [7, 11) is 0. The molecule has 0 radical (unpaired) electrons. The largest absolute Gasteiger partial charge is 0.508 e. The molecule has 0 spiro atoms. The van der Waals surface area contributed by atoms with Crippen LogP contribution in [0.1, 0.15) is 54.7 Å². The molecule has 2 aromatic carbocycles. The zero-order valence-corrected chi connectivity index (χ0v) is 11.9. The van der Waals surface area contributed by atoms with E-state index in [1.807, 2.05) is 12.1 Å². The van der Waals surface area contributed by atoms with Crippen LogP contribution < -0.4 is 0 Å². The lowest BCUT2D eigenvalue weighted by Gasteiger charge is -2.22. The molecule has 2 aromatic rings. The number of rotatable bonds is 3. The Bertz CT molecular complexity index is 533. The summed E-state index contributed by atoms with van der Waals surface area (Å²) < 4.78 is 0. The smallest absolute Gasteiger partial charge is 0.115 e. The van der Waals surface area contributed by atoms with Gasteiger partial charge in [-0.05, 0) is 54.0 Å². The number of hydrogen-bond acceptors (Lipinski definition) is 1. The third-order valence-electron chi connectivity index (χ3n) is 4.40. The Morgan fingerprint density at radius 3 is 1.90 bits per heavy atom. The molecule has 0 aliphatic heterocycles. The second kappa shape index (κ2) is 6.13. The highest BCUT2D eigenvalue weighted by Crippen LogP contribution is 2.32. The average Bonchev–Trinajstić information content (AvgIpc) is 2.51. The molecule has 0 heterocycles. The lowest BCUT2D eigenvalue weighted by Crippen LogP contribution is -2.04. The Balaban J connectivity index is 1.67. The maximum atomic E-state index is 9.30. The second-order valence-corrected chi connectivity index (χ2v) is 5.92. The van der Waals surface area contributed by atoms with Gasteiger partial charge in [0.25, 0.3) is 0 Å². The third-order valence-corrected chi connectivity index (χ3v) is 4.40. The van der Waals surface area contributed by atoms with Crippen molar-refractivity contribution in [2.75, 3.05) is 0 Å². The van der Waals surface area contributed by atoms with Gasteiger partial charge in [0.05, 0.1) is 0 Å². The van der Waals surface area contributed by atoms with Crippen molar-refractivity contribution < 1.29 is 5.11 Å².